The summed E-state index contributed by atoms with van der Waals surface area (Å²) in [5.41, 5.74) is -0.647. The average Bonchev–Trinajstić information content (AvgIpc) is 2.28. The molecule has 1 aromatic rings. The molecule has 0 bridgehead atoms. The molecule has 1 aromatic carbocycles. The van der Waals surface area contributed by atoms with Gasteiger partial charge in [-0.15, -0.1) is 0 Å². The Kier molecular flexibility index (Phi) is 5.71. The summed E-state index contributed by atoms with van der Waals surface area (Å²) in [6.45, 7) is 5.04. The van der Waals surface area contributed by atoms with E-state index in [9.17, 15) is 14.0 Å². The minimum Gasteiger partial charge on any atom is -0.481 e. The normalized spacial score (nSPS) is 12.6. The van der Waals surface area contributed by atoms with Gasteiger partial charge in [0.2, 0.25) is 0 Å². The SMILES string of the molecule is CC(C)(C)OC(=O)N[C@@H](CC(=O)O)c1cccc(Br)c1F. The van der Waals surface area contributed by atoms with Gasteiger partial charge < -0.3 is 15.2 Å². The number of carboxylic acids is 1. The van der Waals surface area contributed by atoms with Gasteiger partial charge in [-0.2, -0.15) is 0 Å². The van der Waals surface area contributed by atoms with Crippen molar-refractivity contribution in [1.82, 2.24) is 5.32 Å². The van der Waals surface area contributed by atoms with Gasteiger partial charge in [0.15, 0.2) is 0 Å². The van der Waals surface area contributed by atoms with Crippen molar-refractivity contribution < 1.29 is 23.8 Å². The van der Waals surface area contributed by atoms with Crippen molar-refractivity contribution in [2.24, 2.45) is 0 Å². The topological polar surface area (TPSA) is 75.6 Å². The van der Waals surface area contributed by atoms with E-state index in [1.54, 1.807) is 26.8 Å². The third kappa shape index (κ3) is 5.71. The Bertz CT molecular complexity index is 542. The molecule has 1 amide bonds. The van der Waals surface area contributed by atoms with E-state index in [-0.39, 0.29) is 10.0 Å². The maximum absolute atomic E-state index is 14.1. The molecule has 1 rings (SSSR count). The van der Waals surface area contributed by atoms with Gasteiger partial charge in [0, 0.05) is 5.56 Å². The van der Waals surface area contributed by atoms with Gasteiger partial charge in [-0.25, -0.2) is 9.18 Å². The first-order chi connectivity index (χ1) is 9.60. The second-order valence-electron chi connectivity index (χ2n) is 5.44. The number of rotatable bonds is 4. The molecule has 1 atom stereocenters. The first-order valence-corrected chi connectivity index (χ1v) is 7.04. The van der Waals surface area contributed by atoms with Gasteiger partial charge >= 0.3 is 12.1 Å². The fraction of sp³-hybridized carbons (Fsp3) is 0.429. The van der Waals surface area contributed by atoms with Crippen molar-refractivity contribution in [1.29, 1.82) is 0 Å². The Balaban J connectivity index is 2.98. The fourth-order valence-corrected chi connectivity index (χ4v) is 2.03. The van der Waals surface area contributed by atoms with Crippen molar-refractivity contribution in [3.05, 3.63) is 34.1 Å². The Morgan fingerprint density at radius 3 is 2.57 bits per heavy atom. The molecule has 0 radical (unpaired) electrons. The molecule has 0 aliphatic rings. The van der Waals surface area contributed by atoms with Gasteiger partial charge in [-0.05, 0) is 42.8 Å². The molecular formula is C14H17BrFNO4. The highest BCUT2D eigenvalue weighted by Crippen LogP contribution is 2.26. The highest BCUT2D eigenvalue weighted by molar-refractivity contribution is 9.10. The molecule has 0 unspecified atom stereocenters. The number of halogens is 2. The van der Waals surface area contributed by atoms with E-state index in [0.29, 0.717) is 0 Å². The van der Waals surface area contributed by atoms with Crippen LogP contribution < -0.4 is 5.32 Å². The standard InChI is InChI=1S/C14H17BrFNO4/c1-14(2,3)21-13(20)17-10(7-11(18)19)8-5-4-6-9(15)12(8)16/h4-6,10H,7H2,1-3H3,(H,17,20)(H,18,19)/t10-/m0/s1. The predicted octanol–water partition coefficient (Wildman–Crippen LogP) is 3.63. The van der Waals surface area contributed by atoms with Crippen molar-refractivity contribution in [3.63, 3.8) is 0 Å². The van der Waals surface area contributed by atoms with Crippen LogP contribution in [0, 0.1) is 5.82 Å². The van der Waals surface area contributed by atoms with E-state index in [0.717, 1.165) is 0 Å². The average molecular weight is 362 g/mol. The minimum atomic E-state index is -1.16. The largest absolute Gasteiger partial charge is 0.481 e. The number of carbonyl (C=O) groups excluding carboxylic acids is 1. The van der Waals surface area contributed by atoms with E-state index in [1.807, 2.05) is 0 Å². The highest BCUT2D eigenvalue weighted by Gasteiger charge is 2.25. The quantitative estimate of drug-likeness (QED) is 0.858. The molecule has 0 aromatic heterocycles. The second-order valence-corrected chi connectivity index (χ2v) is 6.29. The van der Waals surface area contributed by atoms with E-state index in [2.05, 4.69) is 21.2 Å². The lowest BCUT2D eigenvalue weighted by molar-refractivity contribution is -0.137. The van der Waals surface area contributed by atoms with Crippen LogP contribution in [0.15, 0.2) is 22.7 Å². The zero-order valence-electron chi connectivity index (χ0n) is 11.9. The summed E-state index contributed by atoms with van der Waals surface area (Å²) >= 11 is 3.03. The maximum Gasteiger partial charge on any atom is 0.408 e. The molecule has 21 heavy (non-hydrogen) atoms. The number of carboxylic acid groups (broad SMARTS) is 1. The number of benzene rings is 1. The summed E-state index contributed by atoms with van der Waals surface area (Å²) in [7, 11) is 0. The van der Waals surface area contributed by atoms with Gasteiger partial charge in [-0.1, -0.05) is 12.1 Å². The summed E-state index contributed by atoms with van der Waals surface area (Å²) in [5.74, 6) is -1.77. The van der Waals surface area contributed by atoms with Gasteiger partial charge in [0.05, 0.1) is 16.9 Å². The van der Waals surface area contributed by atoms with Gasteiger partial charge in [0.1, 0.15) is 11.4 Å². The monoisotopic (exact) mass is 361 g/mol. The Hall–Kier alpha value is -1.63. The zero-order valence-corrected chi connectivity index (χ0v) is 13.5. The molecule has 0 heterocycles. The fourth-order valence-electron chi connectivity index (χ4n) is 1.65. The van der Waals surface area contributed by atoms with Crippen LogP contribution in [0.3, 0.4) is 0 Å². The van der Waals surface area contributed by atoms with Crippen molar-refractivity contribution >= 4 is 28.0 Å². The predicted molar refractivity (Wildman–Crippen MR) is 78.5 cm³/mol. The van der Waals surface area contributed by atoms with E-state index < -0.39 is 35.9 Å². The van der Waals surface area contributed by atoms with Crippen molar-refractivity contribution in [3.8, 4) is 0 Å². The van der Waals surface area contributed by atoms with Crippen LogP contribution in [-0.2, 0) is 9.53 Å². The van der Waals surface area contributed by atoms with Crippen molar-refractivity contribution in [2.75, 3.05) is 0 Å². The lowest BCUT2D eigenvalue weighted by Gasteiger charge is -2.23. The van der Waals surface area contributed by atoms with Crippen LogP contribution in [0.1, 0.15) is 38.8 Å². The smallest absolute Gasteiger partial charge is 0.408 e. The Morgan fingerprint density at radius 2 is 2.05 bits per heavy atom. The molecule has 0 spiro atoms. The lowest BCUT2D eigenvalue weighted by atomic mass is 10.0. The molecule has 116 valence electrons. The summed E-state index contributed by atoms with van der Waals surface area (Å²) in [6.07, 6.45) is -1.25. The third-order valence-electron chi connectivity index (χ3n) is 2.43. The van der Waals surface area contributed by atoms with Crippen LogP contribution in [0.25, 0.3) is 0 Å². The minimum absolute atomic E-state index is 0.0811. The molecule has 7 heteroatoms. The van der Waals surface area contributed by atoms with Crippen molar-refractivity contribution in [2.45, 2.75) is 38.8 Å². The van der Waals surface area contributed by atoms with Gasteiger partial charge in [0.25, 0.3) is 0 Å². The number of carbonyl (C=O) groups is 2. The summed E-state index contributed by atoms with van der Waals surface area (Å²) in [4.78, 5) is 22.7. The number of nitrogens with one attached hydrogen (secondary N) is 1. The van der Waals surface area contributed by atoms with Crippen LogP contribution in [-0.4, -0.2) is 22.8 Å². The van der Waals surface area contributed by atoms with Crippen LogP contribution in [0.4, 0.5) is 9.18 Å². The molecular weight excluding hydrogens is 345 g/mol. The Labute approximate surface area is 130 Å². The van der Waals surface area contributed by atoms with E-state index >= 15 is 0 Å². The highest BCUT2D eigenvalue weighted by atomic mass is 79.9. The summed E-state index contributed by atoms with van der Waals surface area (Å²) < 4.78 is 19.3. The second kappa shape index (κ2) is 6.89. The van der Waals surface area contributed by atoms with Gasteiger partial charge in [-0.3, -0.25) is 4.79 Å². The molecule has 0 saturated carbocycles. The number of amides is 1. The number of ether oxygens (including phenoxy) is 1. The number of hydrogen-bond acceptors (Lipinski definition) is 3. The Morgan fingerprint density at radius 1 is 1.43 bits per heavy atom. The molecule has 5 nitrogen and oxygen atoms in total. The zero-order chi connectivity index (χ0) is 16.2. The maximum atomic E-state index is 14.1. The molecule has 0 aliphatic heterocycles. The first-order valence-electron chi connectivity index (χ1n) is 6.25. The summed E-state index contributed by atoms with van der Waals surface area (Å²) in [6, 6.07) is 3.46. The number of hydrogen-bond donors (Lipinski definition) is 2. The first kappa shape index (κ1) is 17.4. The van der Waals surface area contributed by atoms with Crippen LogP contribution in [0.5, 0.6) is 0 Å². The van der Waals surface area contributed by atoms with E-state index in [4.69, 9.17) is 9.84 Å². The molecule has 0 aliphatic carbocycles. The lowest BCUT2D eigenvalue weighted by Crippen LogP contribution is -2.36. The molecule has 0 fully saturated rings. The van der Waals surface area contributed by atoms with E-state index in [1.165, 1.54) is 12.1 Å². The summed E-state index contributed by atoms with van der Waals surface area (Å²) in [5, 5.41) is 11.3. The molecule has 2 N–H and O–H groups in total. The number of aliphatic carboxylic acids is 1. The van der Waals surface area contributed by atoms with Crippen LogP contribution in [0.2, 0.25) is 0 Å². The molecule has 0 saturated heterocycles. The van der Waals surface area contributed by atoms with Crippen LogP contribution >= 0.6 is 15.9 Å². The third-order valence-corrected chi connectivity index (χ3v) is 3.04. The number of alkyl carbamates (subject to hydrolysis) is 1.